The zero-order valence-electron chi connectivity index (χ0n) is 20.9. The maximum absolute atomic E-state index is 13.2. The molecule has 0 aromatic rings. The van der Waals surface area contributed by atoms with Gasteiger partial charge in [0.05, 0.1) is 6.04 Å². The Balaban J connectivity index is 2.95. The quantitative estimate of drug-likeness (QED) is 0.0625. The highest BCUT2D eigenvalue weighted by Gasteiger charge is 2.31. The van der Waals surface area contributed by atoms with E-state index in [1.165, 1.54) is 0 Å². The molecule has 0 saturated carbocycles. The Labute approximate surface area is 210 Å². The van der Waals surface area contributed by atoms with Crippen LogP contribution < -0.4 is 38.5 Å². The standard InChI is InChI=1S/C22H40N8O6/c1-12(2)11-16(20(34)29-15(21(35)36)7-8-17(23)31)30-19(33)14(6-4-10-27-22(24)25)28-18(32)13-5-3-9-26-13/h12-16,26H,3-11H2,1-2H3,(H2,23,31)(H,28,32)(H,29,34)(H,30,33)(H,35,36)(H4,24,25,27). The summed E-state index contributed by atoms with van der Waals surface area (Å²) in [6, 6.07) is -3.77. The minimum Gasteiger partial charge on any atom is -0.480 e. The summed E-state index contributed by atoms with van der Waals surface area (Å²) in [6.07, 6.45) is 1.91. The van der Waals surface area contributed by atoms with Gasteiger partial charge in [0.1, 0.15) is 18.1 Å². The SMILES string of the molecule is CC(C)CC(NC(=O)C(CCCN=C(N)N)NC(=O)C1CCCN1)C(=O)NC(CCC(N)=O)C(=O)O. The fraction of sp³-hybridized carbons (Fsp3) is 0.727. The van der Waals surface area contributed by atoms with E-state index in [4.69, 9.17) is 17.2 Å². The first kappa shape index (κ1) is 30.6. The predicted octanol–water partition coefficient (Wildman–Crippen LogP) is -2.36. The van der Waals surface area contributed by atoms with E-state index < -0.39 is 47.9 Å². The highest BCUT2D eigenvalue weighted by atomic mass is 16.4. The van der Waals surface area contributed by atoms with Crippen LogP contribution >= 0.6 is 0 Å². The largest absolute Gasteiger partial charge is 0.480 e. The van der Waals surface area contributed by atoms with E-state index in [-0.39, 0.29) is 50.0 Å². The molecule has 1 rings (SSSR count). The smallest absolute Gasteiger partial charge is 0.326 e. The molecule has 4 atom stereocenters. The summed E-state index contributed by atoms with van der Waals surface area (Å²) in [5.74, 6) is -3.75. The van der Waals surface area contributed by atoms with E-state index in [1.54, 1.807) is 0 Å². The van der Waals surface area contributed by atoms with E-state index in [1.807, 2.05) is 13.8 Å². The van der Waals surface area contributed by atoms with Crippen LogP contribution in [0.2, 0.25) is 0 Å². The number of aliphatic imine (C=N–C) groups is 1. The second-order valence-corrected chi connectivity index (χ2v) is 9.25. The fourth-order valence-electron chi connectivity index (χ4n) is 3.74. The summed E-state index contributed by atoms with van der Waals surface area (Å²) in [4.78, 5) is 65.2. The van der Waals surface area contributed by atoms with Gasteiger partial charge in [0, 0.05) is 13.0 Å². The molecule has 1 heterocycles. The molecule has 14 nitrogen and oxygen atoms in total. The lowest BCUT2D eigenvalue weighted by atomic mass is 10.0. The normalized spacial score (nSPS) is 17.5. The zero-order valence-corrected chi connectivity index (χ0v) is 20.9. The Morgan fingerprint density at radius 2 is 1.61 bits per heavy atom. The van der Waals surface area contributed by atoms with Crippen LogP contribution in [-0.4, -0.2) is 77.9 Å². The van der Waals surface area contributed by atoms with Gasteiger partial charge in [0.15, 0.2) is 5.96 Å². The number of nitrogens with zero attached hydrogens (tertiary/aromatic N) is 1. The minimum absolute atomic E-state index is 0.0208. The number of carbonyl (C=O) groups excluding carboxylic acids is 4. The number of amides is 4. The molecule has 0 spiro atoms. The third-order valence-electron chi connectivity index (χ3n) is 5.59. The summed E-state index contributed by atoms with van der Waals surface area (Å²) in [7, 11) is 0. The number of aliphatic carboxylic acids is 1. The van der Waals surface area contributed by atoms with Crippen molar-refractivity contribution in [1.29, 1.82) is 0 Å². The Hall–Kier alpha value is -3.42. The summed E-state index contributed by atoms with van der Waals surface area (Å²) in [5, 5.41) is 20.2. The number of rotatable bonds is 16. The predicted molar refractivity (Wildman–Crippen MR) is 132 cm³/mol. The molecule has 1 fully saturated rings. The van der Waals surface area contributed by atoms with Gasteiger partial charge in [-0.1, -0.05) is 13.8 Å². The molecule has 0 aliphatic carbocycles. The van der Waals surface area contributed by atoms with Crippen molar-refractivity contribution < 1.29 is 29.1 Å². The molecule has 0 radical (unpaired) electrons. The van der Waals surface area contributed by atoms with Crippen LogP contribution in [0.25, 0.3) is 0 Å². The molecular formula is C22H40N8O6. The van der Waals surface area contributed by atoms with Crippen molar-refractivity contribution in [2.45, 2.75) is 83.0 Å². The van der Waals surface area contributed by atoms with Crippen molar-refractivity contribution in [3.05, 3.63) is 0 Å². The number of hydrogen-bond donors (Lipinski definition) is 8. The van der Waals surface area contributed by atoms with Crippen LogP contribution in [0.1, 0.15) is 58.8 Å². The monoisotopic (exact) mass is 512 g/mol. The third kappa shape index (κ3) is 11.8. The van der Waals surface area contributed by atoms with Gasteiger partial charge < -0.3 is 43.6 Å². The Bertz CT molecular complexity index is 808. The number of carboxylic acid groups (broad SMARTS) is 1. The Morgan fingerprint density at radius 3 is 2.14 bits per heavy atom. The number of carboxylic acids is 1. The van der Waals surface area contributed by atoms with Crippen molar-refractivity contribution in [2.24, 2.45) is 28.1 Å². The first-order valence-corrected chi connectivity index (χ1v) is 12.1. The Morgan fingerprint density at radius 1 is 0.972 bits per heavy atom. The average molecular weight is 513 g/mol. The third-order valence-corrected chi connectivity index (χ3v) is 5.59. The lowest BCUT2D eigenvalue weighted by Gasteiger charge is -2.26. The molecular weight excluding hydrogens is 472 g/mol. The van der Waals surface area contributed by atoms with E-state index >= 15 is 0 Å². The summed E-state index contributed by atoms with van der Waals surface area (Å²) in [5.41, 5.74) is 15.8. The lowest BCUT2D eigenvalue weighted by Crippen LogP contribution is -2.57. The van der Waals surface area contributed by atoms with Gasteiger partial charge in [-0.25, -0.2) is 4.79 Å². The second-order valence-electron chi connectivity index (χ2n) is 9.25. The molecule has 11 N–H and O–H groups in total. The highest BCUT2D eigenvalue weighted by Crippen LogP contribution is 2.10. The van der Waals surface area contributed by atoms with E-state index in [0.29, 0.717) is 19.4 Å². The Kier molecular flexibility index (Phi) is 13.2. The van der Waals surface area contributed by atoms with Crippen LogP contribution in [0.15, 0.2) is 4.99 Å². The topological polar surface area (TPSA) is 244 Å². The van der Waals surface area contributed by atoms with E-state index in [9.17, 15) is 29.1 Å². The molecule has 0 aromatic heterocycles. The summed E-state index contributed by atoms with van der Waals surface area (Å²) >= 11 is 0. The van der Waals surface area contributed by atoms with Crippen LogP contribution in [0.4, 0.5) is 0 Å². The van der Waals surface area contributed by atoms with Gasteiger partial charge in [0.25, 0.3) is 0 Å². The van der Waals surface area contributed by atoms with Crippen molar-refractivity contribution >= 4 is 35.6 Å². The molecule has 204 valence electrons. The molecule has 0 bridgehead atoms. The number of nitrogens with two attached hydrogens (primary N) is 3. The molecule has 1 aliphatic rings. The zero-order chi connectivity index (χ0) is 27.3. The lowest BCUT2D eigenvalue weighted by molar-refractivity contribution is -0.142. The van der Waals surface area contributed by atoms with Gasteiger partial charge in [-0.3, -0.25) is 24.2 Å². The average Bonchev–Trinajstić information content (AvgIpc) is 3.32. The van der Waals surface area contributed by atoms with E-state index in [0.717, 1.165) is 6.42 Å². The number of guanidine groups is 1. The molecule has 14 heteroatoms. The fourth-order valence-corrected chi connectivity index (χ4v) is 3.74. The minimum atomic E-state index is -1.35. The van der Waals surface area contributed by atoms with Crippen LogP contribution in [0.5, 0.6) is 0 Å². The number of primary amides is 1. The van der Waals surface area contributed by atoms with E-state index in [2.05, 4.69) is 26.3 Å². The van der Waals surface area contributed by atoms with Crippen molar-refractivity contribution in [1.82, 2.24) is 21.3 Å². The van der Waals surface area contributed by atoms with Gasteiger partial charge in [-0.2, -0.15) is 0 Å². The van der Waals surface area contributed by atoms with Gasteiger partial charge in [-0.05, 0) is 51.0 Å². The number of nitrogens with one attached hydrogen (secondary N) is 4. The first-order chi connectivity index (χ1) is 16.9. The van der Waals surface area contributed by atoms with Crippen molar-refractivity contribution in [3.8, 4) is 0 Å². The summed E-state index contributed by atoms with van der Waals surface area (Å²) in [6.45, 7) is 4.64. The van der Waals surface area contributed by atoms with Crippen LogP contribution in [0.3, 0.4) is 0 Å². The summed E-state index contributed by atoms with van der Waals surface area (Å²) < 4.78 is 0. The van der Waals surface area contributed by atoms with Gasteiger partial charge in [-0.15, -0.1) is 0 Å². The molecule has 1 aliphatic heterocycles. The molecule has 1 saturated heterocycles. The molecule has 36 heavy (non-hydrogen) atoms. The molecule has 0 aromatic carbocycles. The van der Waals surface area contributed by atoms with Gasteiger partial charge >= 0.3 is 5.97 Å². The van der Waals surface area contributed by atoms with Gasteiger partial charge in [0.2, 0.25) is 23.6 Å². The van der Waals surface area contributed by atoms with Crippen molar-refractivity contribution in [3.63, 3.8) is 0 Å². The number of carbonyl (C=O) groups is 5. The number of hydrogen-bond acceptors (Lipinski definition) is 7. The second kappa shape index (κ2) is 15.5. The highest BCUT2D eigenvalue weighted by molar-refractivity contribution is 5.94. The maximum atomic E-state index is 13.2. The molecule has 4 unspecified atom stereocenters. The van der Waals surface area contributed by atoms with Crippen LogP contribution in [0, 0.1) is 5.92 Å². The van der Waals surface area contributed by atoms with Crippen LogP contribution in [-0.2, 0) is 24.0 Å². The molecule has 4 amide bonds. The first-order valence-electron chi connectivity index (χ1n) is 12.1. The maximum Gasteiger partial charge on any atom is 0.326 e. The van der Waals surface area contributed by atoms with Crippen molar-refractivity contribution in [2.75, 3.05) is 13.1 Å².